The number of benzene rings is 1. The van der Waals surface area contributed by atoms with Crippen LogP contribution in [0.5, 0.6) is 0 Å². The highest BCUT2D eigenvalue weighted by atomic mass is 16.1. The third-order valence-corrected chi connectivity index (χ3v) is 2.84. The number of hydrogen-bond acceptors (Lipinski definition) is 2. The van der Waals surface area contributed by atoms with E-state index in [0.717, 1.165) is 12.0 Å². The van der Waals surface area contributed by atoms with Crippen molar-refractivity contribution in [3.63, 3.8) is 0 Å². The Hall–Kier alpha value is -1.90. The van der Waals surface area contributed by atoms with Crippen LogP contribution in [0.2, 0.25) is 0 Å². The molecule has 3 heteroatoms. The minimum atomic E-state index is -0.133. The van der Waals surface area contributed by atoms with Crippen LogP contribution in [0.4, 0.5) is 0 Å². The summed E-state index contributed by atoms with van der Waals surface area (Å²) in [7, 11) is 0. The van der Waals surface area contributed by atoms with E-state index < -0.39 is 0 Å². The summed E-state index contributed by atoms with van der Waals surface area (Å²) < 4.78 is 0. The Morgan fingerprint density at radius 2 is 2.18 bits per heavy atom. The van der Waals surface area contributed by atoms with E-state index in [0.29, 0.717) is 0 Å². The van der Waals surface area contributed by atoms with Crippen molar-refractivity contribution in [1.82, 2.24) is 5.32 Å². The van der Waals surface area contributed by atoms with Crippen LogP contribution in [0.25, 0.3) is 0 Å². The van der Waals surface area contributed by atoms with Gasteiger partial charge in [0.15, 0.2) is 0 Å². The average Bonchev–Trinajstić information content (AvgIpc) is 2.40. The predicted molar refractivity (Wildman–Crippen MR) is 68.7 cm³/mol. The number of nitrogens with one attached hydrogen (secondary N) is 1. The first-order valence-corrected chi connectivity index (χ1v) is 5.81. The fraction of sp³-hybridized carbons (Fsp3) is 0.286. The average molecular weight is 228 g/mol. The Labute approximate surface area is 101 Å². The van der Waals surface area contributed by atoms with Crippen LogP contribution in [0.15, 0.2) is 47.6 Å². The van der Waals surface area contributed by atoms with Crippen molar-refractivity contribution >= 4 is 12.1 Å². The molecule has 1 N–H and O–H groups in total. The Kier molecular flexibility index (Phi) is 3.70. The number of nitrogens with zero attached hydrogens (tertiary/aromatic N) is 1. The molecular weight excluding hydrogens is 212 g/mol. The van der Waals surface area contributed by atoms with Gasteiger partial charge < -0.3 is 5.32 Å². The molecular formula is C14H16N2O. The molecule has 3 nitrogen and oxygen atoms in total. The zero-order chi connectivity index (χ0) is 12.1. The van der Waals surface area contributed by atoms with Crippen molar-refractivity contribution in [3.05, 3.63) is 48.2 Å². The highest BCUT2D eigenvalue weighted by Gasteiger charge is 2.18. The van der Waals surface area contributed by atoms with Crippen LogP contribution >= 0.6 is 0 Å². The maximum atomic E-state index is 11.9. The van der Waals surface area contributed by atoms with Crippen LogP contribution in [0.1, 0.15) is 24.9 Å². The topological polar surface area (TPSA) is 41.5 Å². The molecule has 1 heterocycles. The first-order valence-electron chi connectivity index (χ1n) is 5.81. The summed E-state index contributed by atoms with van der Waals surface area (Å²) in [5.41, 5.74) is 1.11. The van der Waals surface area contributed by atoms with E-state index in [1.807, 2.05) is 43.3 Å². The molecule has 2 atom stereocenters. The summed E-state index contributed by atoms with van der Waals surface area (Å²) in [5.74, 6) is -0.0967. The second-order valence-electron chi connectivity index (χ2n) is 4.17. The lowest BCUT2D eigenvalue weighted by molar-refractivity contribution is -0.123. The molecule has 1 aliphatic rings. The van der Waals surface area contributed by atoms with E-state index in [4.69, 9.17) is 0 Å². The molecule has 0 aromatic heterocycles. The van der Waals surface area contributed by atoms with Gasteiger partial charge in [0.1, 0.15) is 0 Å². The molecule has 1 aromatic rings. The minimum absolute atomic E-state index is 0.0306. The molecule has 0 spiro atoms. The van der Waals surface area contributed by atoms with Gasteiger partial charge in [0.25, 0.3) is 0 Å². The number of carbonyl (C=O) groups is 1. The summed E-state index contributed by atoms with van der Waals surface area (Å²) in [6, 6.07) is 9.98. The fourth-order valence-corrected chi connectivity index (χ4v) is 1.80. The molecule has 0 saturated heterocycles. The monoisotopic (exact) mass is 228 g/mol. The summed E-state index contributed by atoms with van der Waals surface area (Å²) >= 11 is 0. The first-order chi connectivity index (χ1) is 8.27. The third-order valence-electron chi connectivity index (χ3n) is 2.84. The Balaban J connectivity index is 1.95. The molecule has 0 radical (unpaired) electrons. The lowest BCUT2D eigenvalue weighted by Gasteiger charge is -2.18. The van der Waals surface area contributed by atoms with Gasteiger partial charge in [0.05, 0.1) is 12.0 Å². The van der Waals surface area contributed by atoms with Gasteiger partial charge in [0, 0.05) is 12.4 Å². The number of amides is 1. The molecule has 2 unspecified atom stereocenters. The normalized spacial score (nSPS) is 19.9. The molecule has 0 saturated carbocycles. The molecule has 17 heavy (non-hydrogen) atoms. The van der Waals surface area contributed by atoms with Crippen molar-refractivity contribution < 1.29 is 4.79 Å². The number of aliphatic imine (C=N–C) groups is 1. The van der Waals surface area contributed by atoms with E-state index in [2.05, 4.69) is 10.3 Å². The zero-order valence-corrected chi connectivity index (χ0v) is 9.84. The molecule has 0 fully saturated rings. The Bertz CT molecular complexity index is 437. The minimum Gasteiger partial charge on any atom is -0.349 e. The Morgan fingerprint density at radius 1 is 1.41 bits per heavy atom. The van der Waals surface area contributed by atoms with E-state index >= 15 is 0 Å². The molecule has 1 amide bonds. The molecule has 1 aliphatic heterocycles. The molecule has 88 valence electrons. The maximum Gasteiger partial charge on any atom is 0.229 e. The molecule has 1 aromatic carbocycles. The van der Waals surface area contributed by atoms with Crippen LogP contribution in [0, 0.1) is 5.92 Å². The quantitative estimate of drug-likeness (QED) is 0.848. The van der Waals surface area contributed by atoms with E-state index in [-0.39, 0.29) is 17.9 Å². The van der Waals surface area contributed by atoms with Crippen LogP contribution in [-0.2, 0) is 4.79 Å². The summed E-state index contributed by atoms with van der Waals surface area (Å²) in [5, 5.41) is 3.00. The van der Waals surface area contributed by atoms with Crippen molar-refractivity contribution in [2.45, 2.75) is 19.4 Å². The highest BCUT2D eigenvalue weighted by Crippen LogP contribution is 2.13. The summed E-state index contributed by atoms with van der Waals surface area (Å²) in [6.45, 7) is 1.99. The van der Waals surface area contributed by atoms with Gasteiger partial charge in [-0.15, -0.1) is 0 Å². The Morgan fingerprint density at radius 3 is 2.82 bits per heavy atom. The van der Waals surface area contributed by atoms with Crippen molar-refractivity contribution in [1.29, 1.82) is 0 Å². The maximum absolute atomic E-state index is 11.9. The summed E-state index contributed by atoms with van der Waals surface area (Å²) in [4.78, 5) is 15.9. The molecule has 2 rings (SSSR count). The fourth-order valence-electron chi connectivity index (χ4n) is 1.80. The number of hydrogen-bond donors (Lipinski definition) is 1. The highest BCUT2D eigenvalue weighted by molar-refractivity contribution is 5.94. The van der Waals surface area contributed by atoms with Gasteiger partial charge in [-0.05, 0) is 18.9 Å². The van der Waals surface area contributed by atoms with Crippen LogP contribution in [-0.4, -0.2) is 12.1 Å². The number of carbonyl (C=O) groups excluding carboxylic acids is 1. The van der Waals surface area contributed by atoms with Crippen molar-refractivity contribution in [3.8, 4) is 0 Å². The lowest BCUT2D eigenvalue weighted by Crippen LogP contribution is -2.33. The van der Waals surface area contributed by atoms with Crippen molar-refractivity contribution in [2.24, 2.45) is 10.9 Å². The van der Waals surface area contributed by atoms with E-state index in [9.17, 15) is 4.79 Å². The van der Waals surface area contributed by atoms with E-state index in [1.54, 1.807) is 12.4 Å². The van der Waals surface area contributed by atoms with Crippen LogP contribution in [0.3, 0.4) is 0 Å². The van der Waals surface area contributed by atoms with Gasteiger partial charge in [-0.25, -0.2) is 0 Å². The SMILES string of the molecule is CC(NC(=O)C1C=NC=CC1)c1ccccc1. The number of allylic oxidation sites excluding steroid dienone is 1. The predicted octanol–water partition coefficient (Wildman–Crippen LogP) is 2.47. The van der Waals surface area contributed by atoms with Gasteiger partial charge in [0.2, 0.25) is 5.91 Å². The smallest absolute Gasteiger partial charge is 0.229 e. The standard InChI is InChI=1S/C14H16N2O/c1-11(12-6-3-2-4-7-12)16-14(17)13-8-5-9-15-10-13/h2-7,9-11,13H,8H2,1H3,(H,16,17). The van der Waals surface area contributed by atoms with Gasteiger partial charge in [-0.3, -0.25) is 9.79 Å². The largest absolute Gasteiger partial charge is 0.349 e. The van der Waals surface area contributed by atoms with E-state index in [1.165, 1.54) is 0 Å². The van der Waals surface area contributed by atoms with Gasteiger partial charge >= 0.3 is 0 Å². The lowest BCUT2D eigenvalue weighted by atomic mass is 10.0. The zero-order valence-electron chi connectivity index (χ0n) is 9.84. The summed E-state index contributed by atoms with van der Waals surface area (Å²) in [6.07, 6.45) is 6.08. The molecule has 0 bridgehead atoms. The van der Waals surface area contributed by atoms with Gasteiger partial charge in [-0.2, -0.15) is 0 Å². The molecule has 0 aliphatic carbocycles. The van der Waals surface area contributed by atoms with Crippen molar-refractivity contribution in [2.75, 3.05) is 0 Å². The van der Waals surface area contributed by atoms with Crippen LogP contribution < -0.4 is 5.32 Å². The third kappa shape index (κ3) is 3.03. The van der Waals surface area contributed by atoms with Gasteiger partial charge in [-0.1, -0.05) is 36.4 Å². The number of rotatable bonds is 3. The second-order valence-corrected chi connectivity index (χ2v) is 4.17. The second kappa shape index (κ2) is 5.43. The first kappa shape index (κ1) is 11.6.